The molecule has 1 heterocycles. The number of hydrogen-bond donors (Lipinski definition) is 1. The van der Waals surface area contributed by atoms with Crippen molar-refractivity contribution in [2.75, 3.05) is 5.75 Å². The van der Waals surface area contributed by atoms with Gasteiger partial charge in [-0.3, -0.25) is 4.98 Å². The molecule has 0 amide bonds. The molecule has 2 unspecified atom stereocenters. The highest BCUT2D eigenvalue weighted by Crippen LogP contribution is 2.22. The van der Waals surface area contributed by atoms with E-state index in [0.29, 0.717) is 5.25 Å². The molecule has 1 rings (SSSR count). The van der Waals surface area contributed by atoms with Gasteiger partial charge in [-0.1, -0.05) is 13.8 Å². The van der Waals surface area contributed by atoms with Crippen molar-refractivity contribution in [3.63, 3.8) is 0 Å². The molecule has 2 N–H and O–H groups in total. The van der Waals surface area contributed by atoms with E-state index in [1.54, 1.807) is 0 Å². The van der Waals surface area contributed by atoms with Crippen LogP contribution in [-0.2, 0) is 0 Å². The summed E-state index contributed by atoms with van der Waals surface area (Å²) in [7, 11) is 0. The van der Waals surface area contributed by atoms with Crippen molar-refractivity contribution < 1.29 is 0 Å². The summed E-state index contributed by atoms with van der Waals surface area (Å²) in [4.78, 5) is 4.12. The molecule has 3 heteroatoms. The van der Waals surface area contributed by atoms with Crippen molar-refractivity contribution in [2.24, 2.45) is 5.73 Å². The number of nitrogens with zero attached hydrogens (tertiary/aromatic N) is 1. The minimum absolute atomic E-state index is 0.109. The van der Waals surface area contributed by atoms with Crippen molar-refractivity contribution in [3.8, 4) is 0 Å². The zero-order valence-corrected chi connectivity index (χ0v) is 10.6. The van der Waals surface area contributed by atoms with Gasteiger partial charge in [-0.05, 0) is 30.5 Å². The lowest BCUT2D eigenvalue weighted by Crippen LogP contribution is -2.16. The predicted octanol–water partition coefficient (Wildman–Crippen LogP) is 2.92. The maximum absolute atomic E-state index is 6.14. The molecule has 1 aromatic heterocycles. The van der Waals surface area contributed by atoms with Gasteiger partial charge in [0.05, 0.1) is 0 Å². The van der Waals surface area contributed by atoms with E-state index in [1.807, 2.05) is 30.2 Å². The van der Waals surface area contributed by atoms with Gasteiger partial charge in [0, 0.05) is 29.4 Å². The number of aromatic nitrogens is 1. The maximum Gasteiger partial charge on any atom is 0.0404 e. The number of thioether (sulfide) groups is 1. The van der Waals surface area contributed by atoms with Crippen LogP contribution in [0.1, 0.15) is 37.4 Å². The molecule has 0 bridgehead atoms. The largest absolute Gasteiger partial charge is 0.323 e. The molecule has 0 saturated carbocycles. The Balaban J connectivity index is 2.54. The third kappa shape index (κ3) is 3.84. The summed E-state index contributed by atoms with van der Waals surface area (Å²) in [6.45, 7) is 6.54. The number of rotatable bonds is 5. The van der Waals surface area contributed by atoms with Crippen molar-refractivity contribution in [3.05, 3.63) is 29.6 Å². The fourth-order valence-electron chi connectivity index (χ4n) is 1.34. The van der Waals surface area contributed by atoms with Crippen LogP contribution in [0.2, 0.25) is 0 Å². The molecule has 0 aliphatic rings. The Morgan fingerprint density at radius 2 is 2.27 bits per heavy atom. The Hall–Kier alpha value is -0.540. The van der Waals surface area contributed by atoms with E-state index in [1.165, 1.54) is 17.5 Å². The normalized spacial score (nSPS) is 14.9. The van der Waals surface area contributed by atoms with E-state index in [0.717, 1.165) is 5.75 Å². The third-order valence-corrected chi connectivity index (χ3v) is 4.07. The summed E-state index contributed by atoms with van der Waals surface area (Å²) in [6.07, 6.45) is 4.90. The van der Waals surface area contributed by atoms with Gasteiger partial charge in [0.1, 0.15) is 0 Å². The monoisotopic (exact) mass is 224 g/mol. The van der Waals surface area contributed by atoms with Gasteiger partial charge >= 0.3 is 0 Å². The van der Waals surface area contributed by atoms with Crippen LogP contribution in [0.15, 0.2) is 18.5 Å². The average molecular weight is 224 g/mol. The molecule has 0 spiro atoms. The summed E-state index contributed by atoms with van der Waals surface area (Å²) in [5.41, 5.74) is 8.55. The lowest BCUT2D eigenvalue weighted by atomic mass is 10.1. The summed E-state index contributed by atoms with van der Waals surface area (Å²) in [5.74, 6) is 0.974. The number of aryl methyl sites for hydroxylation is 1. The Morgan fingerprint density at radius 3 is 2.87 bits per heavy atom. The van der Waals surface area contributed by atoms with E-state index in [4.69, 9.17) is 5.73 Å². The summed E-state index contributed by atoms with van der Waals surface area (Å²) >= 11 is 1.94. The first-order chi connectivity index (χ1) is 7.15. The fraction of sp³-hybridized carbons (Fsp3) is 0.583. The van der Waals surface area contributed by atoms with E-state index in [2.05, 4.69) is 25.8 Å². The highest BCUT2D eigenvalue weighted by atomic mass is 32.2. The minimum atomic E-state index is 0.109. The number of nitrogens with two attached hydrogens (primary N) is 1. The van der Waals surface area contributed by atoms with Gasteiger partial charge in [0.25, 0.3) is 0 Å². The zero-order valence-electron chi connectivity index (χ0n) is 9.73. The first kappa shape index (κ1) is 12.5. The first-order valence-corrected chi connectivity index (χ1v) is 6.47. The van der Waals surface area contributed by atoms with Crippen molar-refractivity contribution in [1.82, 2.24) is 4.98 Å². The Labute approximate surface area is 96.7 Å². The molecule has 0 radical (unpaired) electrons. The molecule has 15 heavy (non-hydrogen) atoms. The summed E-state index contributed by atoms with van der Waals surface area (Å²) in [5, 5.41) is 0.688. The van der Waals surface area contributed by atoms with Crippen LogP contribution < -0.4 is 5.73 Å². The Bertz CT molecular complexity index is 301. The smallest absolute Gasteiger partial charge is 0.0404 e. The zero-order chi connectivity index (χ0) is 11.3. The van der Waals surface area contributed by atoms with E-state index in [-0.39, 0.29) is 6.04 Å². The standard InChI is InChI=1S/C12H20N2S/c1-4-10(3)15-8-12(13)11-7-14-6-5-9(11)2/h5-7,10,12H,4,8,13H2,1-3H3. The predicted molar refractivity (Wildman–Crippen MR) is 68.1 cm³/mol. The van der Waals surface area contributed by atoms with Gasteiger partial charge in [-0.2, -0.15) is 11.8 Å². The molecule has 0 fully saturated rings. The molecule has 2 atom stereocenters. The summed E-state index contributed by atoms with van der Waals surface area (Å²) < 4.78 is 0. The SMILES string of the molecule is CCC(C)SCC(N)c1cnccc1C. The molecule has 1 aromatic rings. The topological polar surface area (TPSA) is 38.9 Å². The highest BCUT2D eigenvalue weighted by Gasteiger charge is 2.10. The Kier molecular flexibility index (Phi) is 5.12. The lowest BCUT2D eigenvalue weighted by Gasteiger charge is -2.16. The molecule has 0 aliphatic heterocycles. The fourth-order valence-corrected chi connectivity index (χ4v) is 2.29. The lowest BCUT2D eigenvalue weighted by molar-refractivity contribution is 0.807. The second-order valence-corrected chi connectivity index (χ2v) is 5.36. The third-order valence-electron chi connectivity index (χ3n) is 2.61. The molecular formula is C12H20N2S. The van der Waals surface area contributed by atoms with Gasteiger partial charge in [-0.25, -0.2) is 0 Å². The van der Waals surface area contributed by atoms with Crippen LogP contribution in [0.4, 0.5) is 0 Å². The van der Waals surface area contributed by atoms with Crippen molar-refractivity contribution in [2.45, 2.75) is 38.5 Å². The quantitative estimate of drug-likeness (QED) is 0.836. The second-order valence-electron chi connectivity index (χ2n) is 3.89. The van der Waals surface area contributed by atoms with Gasteiger partial charge in [-0.15, -0.1) is 0 Å². The minimum Gasteiger partial charge on any atom is -0.323 e. The Morgan fingerprint density at radius 1 is 1.53 bits per heavy atom. The van der Waals surface area contributed by atoms with E-state index in [9.17, 15) is 0 Å². The van der Waals surface area contributed by atoms with Gasteiger partial charge < -0.3 is 5.73 Å². The van der Waals surface area contributed by atoms with Gasteiger partial charge in [0.15, 0.2) is 0 Å². The van der Waals surface area contributed by atoms with E-state index >= 15 is 0 Å². The van der Waals surface area contributed by atoms with Crippen LogP contribution in [0.25, 0.3) is 0 Å². The summed E-state index contributed by atoms with van der Waals surface area (Å²) in [6, 6.07) is 2.13. The van der Waals surface area contributed by atoms with Crippen LogP contribution >= 0.6 is 11.8 Å². The number of pyridine rings is 1. The molecule has 0 saturated heterocycles. The molecule has 0 aromatic carbocycles. The van der Waals surface area contributed by atoms with E-state index < -0.39 is 0 Å². The van der Waals surface area contributed by atoms with Crippen LogP contribution in [0.5, 0.6) is 0 Å². The van der Waals surface area contributed by atoms with Crippen LogP contribution in [0.3, 0.4) is 0 Å². The van der Waals surface area contributed by atoms with Crippen LogP contribution in [0, 0.1) is 6.92 Å². The molecule has 2 nitrogen and oxygen atoms in total. The average Bonchev–Trinajstić information content (AvgIpc) is 2.26. The molecular weight excluding hydrogens is 204 g/mol. The maximum atomic E-state index is 6.14. The van der Waals surface area contributed by atoms with Gasteiger partial charge in [0.2, 0.25) is 0 Å². The molecule has 84 valence electrons. The van der Waals surface area contributed by atoms with Crippen molar-refractivity contribution in [1.29, 1.82) is 0 Å². The second kappa shape index (κ2) is 6.13. The molecule has 0 aliphatic carbocycles. The first-order valence-electron chi connectivity index (χ1n) is 5.42. The highest BCUT2D eigenvalue weighted by molar-refractivity contribution is 7.99. The number of hydrogen-bond acceptors (Lipinski definition) is 3. The van der Waals surface area contributed by atoms with Crippen LogP contribution in [-0.4, -0.2) is 16.0 Å². The van der Waals surface area contributed by atoms with Crippen molar-refractivity contribution >= 4 is 11.8 Å².